The minimum Gasteiger partial charge on any atom is -0.399 e. The van der Waals surface area contributed by atoms with E-state index in [9.17, 15) is 4.39 Å². The van der Waals surface area contributed by atoms with Crippen LogP contribution >= 0.6 is 0 Å². The van der Waals surface area contributed by atoms with Crippen LogP contribution in [0.25, 0.3) is 10.8 Å². The second-order valence-electron chi connectivity index (χ2n) is 4.39. The van der Waals surface area contributed by atoms with Crippen LogP contribution in [0.1, 0.15) is 0 Å². The summed E-state index contributed by atoms with van der Waals surface area (Å²) in [5.41, 5.74) is 7.26. The van der Waals surface area contributed by atoms with Crippen molar-refractivity contribution in [2.45, 2.75) is 0 Å². The Kier molecular flexibility index (Phi) is 2.80. The zero-order chi connectivity index (χ0) is 13.2. The van der Waals surface area contributed by atoms with Gasteiger partial charge in [0.2, 0.25) is 0 Å². The standard InChI is InChI=1S/C16H13FN2/c17-14-10-12(18)8-9-16(14)19-15-7-3-5-11-4-1-2-6-13(11)15/h1-10,19H,18H2. The molecule has 0 fully saturated rings. The van der Waals surface area contributed by atoms with Crippen molar-refractivity contribution < 1.29 is 4.39 Å². The Morgan fingerprint density at radius 3 is 2.47 bits per heavy atom. The smallest absolute Gasteiger partial charge is 0.148 e. The van der Waals surface area contributed by atoms with Crippen LogP contribution in [-0.2, 0) is 0 Å². The van der Waals surface area contributed by atoms with Gasteiger partial charge in [0.05, 0.1) is 5.69 Å². The lowest BCUT2D eigenvalue weighted by atomic mass is 10.1. The normalized spacial score (nSPS) is 10.6. The van der Waals surface area contributed by atoms with E-state index >= 15 is 0 Å². The molecule has 94 valence electrons. The fourth-order valence-electron chi connectivity index (χ4n) is 2.11. The van der Waals surface area contributed by atoms with Crippen LogP contribution in [0.15, 0.2) is 60.7 Å². The largest absolute Gasteiger partial charge is 0.399 e. The maximum atomic E-state index is 13.8. The average molecular weight is 252 g/mol. The summed E-state index contributed by atoms with van der Waals surface area (Å²) in [5, 5.41) is 5.28. The van der Waals surface area contributed by atoms with Crippen molar-refractivity contribution >= 4 is 27.8 Å². The Morgan fingerprint density at radius 2 is 1.63 bits per heavy atom. The predicted octanol–water partition coefficient (Wildman–Crippen LogP) is 4.30. The summed E-state index contributed by atoms with van der Waals surface area (Å²) in [7, 11) is 0. The van der Waals surface area contributed by atoms with Crippen LogP contribution in [0.4, 0.5) is 21.5 Å². The van der Waals surface area contributed by atoms with E-state index in [0.717, 1.165) is 16.5 Å². The second-order valence-corrected chi connectivity index (χ2v) is 4.39. The van der Waals surface area contributed by atoms with Crippen LogP contribution in [0.3, 0.4) is 0 Å². The van der Waals surface area contributed by atoms with Gasteiger partial charge in [0.1, 0.15) is 5.82 Å². The van der Waals surface area contributed by atoms with Gasteiger partial charge in [-0.25, -0.2) is 4.39 Å². The number of nitrogens with two attached hydrogens (primary N) is 1. The minimum atomic E-state index is -0.354. The van der Waals surface area contributed by atoms with Crippen molar-refractivity contribution in [3.63, 3.8) is 0 Å². The fraction of sp³-hybridized carbons (Fsp3) is 0. The molecular weight excluding hydrogens is 239 g/mol. The van der Waals surface area contributed by atoms with E-state index in [1.165, 1.54) is 6.07 Å². The molecule has 0 aliphatic carbocycles. The lowest BCUT2D eigenvalue weighted by Gasteiger charge is -2.11. The molecule has 3 N–H and O–H groups in total. The Bertz CT molecular complexity index is 732. The molecule has 0 saturated heterocycles. The molecule has 3 rings (SSSR count). The van der Waals surface area contributed by atoms with Crippen LogP contribution in [0.2, 0.25) is 0 Å². The number of benzene rings is 3. The quantitative estimate of drug-likeness (QED) is 0.667. The van der Waals surface area contributed by atoms with Crippen molar-refractivity contribution in [3.05, 3.63) is 66.5 Å². The summed E-state index contributed by atoms with van der Waals surface area (Å²) in [6.07, 6.45) is 0. The third-order valence-corrected chi connectivity index (χ3v) is 3.05. The van der Waals surface area contributed by atoms with Gasteiger partial charge in [-0.15, -0.1) is 0 Å². The lowest BCUT2D eigenvalue weighted by molar-refractivity contribution is 0.632. The summed E-state index contributed by atoms with van der Waals surface area (Å²) in [6.45, 7) is 0. The number of hydrogen-bond donors (Lipinski definition) is 2. The van der Waals surface area contributed by atoms with E-state index in [-0.39, 0.29) is 5.82 Å². The molecule has 0 atom stereocenters. The molecule has 0 aromatic heterocycles. The molecular formula is C16H13FN2. The first kappa shape index (κ1) is 11.5. The summed E-state index contributed by atoms with van der Waals surface area (Å²) >= 11 is 0. The van der Waals surface area contributed by atoms with Gasteiger partial charge in [0, 0.05) is 16.8 Å². The number of rotatable bonds is 2. The summed E-state index contributed by atoms with van der Waals surface area (Å²) < 4.78 is 13.8. The van der Waals surface area contributed by atoms with Crippen molar-refractivity contribution in [3.8, 4) is 0 Å². The lowest BCUT2D eigenvalue weighted by Crippen LogP contribution is -1.96. The highest BCUT2D eigenvalue weighted by atomic mass is 19.1. The van der Waals surface area contributed by atoms with E-state index in [2.05, 4.69) is 5.32 Å². The Morgan fingerprint density at radius 1 is 0.842 bits per heavy atom. The Labute approximate surface area is 110 Å². The molecule has 0 amide bonds. The van der Waals surface area contributed by atoms with Gasteiger partial charge in [0.25, 0.3) is 0 Å². The Hall–Kier alpha value is -2.55. The molecule has 3 heteroatoms. The van der Waals surface area contributed by atoms with Crippen molar-refractivity contribution in [1.29, 1.82) is 0 Å². The number of hydrogen-bond acceptors (Lipinski definition) is 2. The SMILES string of the molecule is Nc1ccc(Nc2cccc3ccccc23)c(F)c1. The maximum Gasteiger partial charge on any atom is 0.148 e. The van der Waals surface area contributed by atoms with Gasteiger partial charge in [-0.05, 0) is 29.7 Å². The number of fused-ring (bicyclic) bond motifs is 1. The zero-order valence-corrected chi connectivity index (χ0v) is 10.2. The van der Waals surface area contributed by atoms with Gasteiger partial charge < -0.3 is 11.1 Å². The van der Waals surface area contributed by atoms with Crippen LogP contribution < -0.4 is 11.1 Å². The molecule has 0 unspecified atom stereocenters. The van der Waals surface area contributed by atoms with Gasteiger partial charge in [0.15, 0.2) is 0 Å². The first-order valence-corrected chi connectivity index (χ1v) is 6.04. The first-order valence-electron chi connectivity index (χ1n) is 6.04. The van der Waals surface area contributed by atoms with Gasteiger partial charge in [-0.1, -0.05) is 36.4 Å². The van der Waals surface area contributed by atoms with E-state index < -0.39 is 0 Å². The molecule has 3 aromatic carbocycles. The van der Waals surface area contributed by atoms with Gasteiger partial charge >= 0.3 is 0 Å². The molecule has 0 aliphatic rings. The van der Waals surface area contributed by atoms with Gasteiger partial charge in [-0.2, -0.15) is 0 Å². The molecule has 0 spiro atoms. The van der Waals surface area contributed by atoms with E-state index in [0.29, 0.717) is 11.4 Å². The maximum absolute atomic E-state index is 13.8. The summed E-state index contributed by atoms with van der Waals surface area (Å²) in [5.74, 6) is -0.354. The monoisotopic (exact) mass is 252 g/mol. The third kappa shape index (κ3) is 2.22. The molecule has 0 aliphatic heterocycles. The first-order chi connectivity index (χ1) is 9.24. The van der Waals surface area contributed by atoms with Crippen molar-refractivity contribution in [2.75, 3.05) is 11.1 Å². The van der Waals surface area contributed by atoms with Crippen LogP contribution in [-0.4, -0.2) is 0 Å². The van der Waals surface area contributed by atoms with Crippen LogP contribution in [0, 0.1) is 5.82 Å². The van der Waals surface area contributed by atoms with Crippen LogP contribution in [0.5, 0.6) is 0 Å². The summed E-state index contributed by atoms with van der Waals surface area (Å²) in [4.78, 5) is 0. The predicted molar refractivity (Wildman–Crippen MR) is 78.0 cm³/mol. The third-order valence-electron chi connectivity index (χ3n) is 3.05. The number of nitrogen functional groups attached to an aromatic ring is 1. The number of anilines is 3. The molecule has 0 bridgehead atoms. The average Bonchev–Trinajstić information content (AvgIpc) is 2.42. The Balaban J connectivity index is 2.06. The van der Waals surface area contributed by atoms with E-state index in [1.807, 2.05) is 42.5 Å². The van der Waals surface area contributed by atoms with Crippen molar-refractivity contribution in [2.24, 2.45) is 0 Å². The molecule has 0 radical (unpaired) electrons. The molecule has 0 heterocycles. The van der Waals surface area contributed by atoms with E-state index in [1.54, 1.807) is 12.1 Å². The minimum absolute atomic E-state index is 0.354. The van der Waals surface area contributed by atoms with Gasteiger partial charge in [-0.3, -0.25) is 0 Å². The number of halogens is 1. The summed E-state index contributed by atoms with van der Waals surface area (Å²) in [6, 6.07) is 18.5. The number of nitrogens with one attached hydrogen (secondary N) is 1. The molecule has 0 saturated carbocycles. The fourth-order valence-corrected chi connectivity index (χ4v) is 2.11. The highest BCUT2D eigenvalue weighted by Crippen LogP contribution is 2.28. The second kappa shape index (κ2) is 4.61. The molecule has 3 aromatic rings. The molecule has 19 heavy (non-hydrogen) atoms. The highest BCUT2D eigenvalue weighted by molar-refractivity contribution is 5.95. The van der Waals surface area contributed by atoms with Crippen molar-refractivity contribution in [1.82, 2.24) is 0 Å². The molecule has 2 nitrogen and oxygen atoms in total. The highest BCUT2D eigenvalue weighted by Gasteiger charge is 2.05. The topological polar surface area (TPSA) is 38.0 Å². The van der Waals surface area contributed by atoms with E-state index in [4.69, 9.17) is 5.73 Å². The zero-order valence-electron chi connectivity index (χ0n) is 10.2.